The smallest absolute Gasteiger partial charge is 0.161 e. The van der Waals surface area contributed by atoms with Crippen LogP contribution in [0.1, 0.15) is 12.8 Å². The Hall–Kier alpha value is -1.82. The molecule has 5 nitrogen and oxygen atoms in total. The zero-order chi connectivity index (χ0) is 15.5. The third-order valence-corrected chi connectivity index (χ3v) is 4.97. The van der Waals surface area contributed by atoms with E-state index in [0.717, 1.165) is 34.9 Å². The molecule has 3 rings (SSSR count). The Kier molecular flexibility index (Phi) is 4.47. The van der Waals surface area contributed by atoms with Gasteiger partial charge in [0.05, 0.1) is 12.8 Å². The highest BCUT2D eigenvalue weighted by molar-refractivity contribution is 7.99. The van der Waals surface area contributed by atoms with Crippen LogP contribution < -0.4 is 15.2 Å². The maximum Gasteiger partial charge on any atom is 0.161 e. The van der Waals surface area contributed by atoms with E-state index in [9.17, 15) is 0 Å². The van der Waals surface area contributed by atoms with Crippen LogP contribution in [-0.2, 0) is 7.05 Å². The molecule has 0 radical (unpaired) electrons. The summed E-state index contributed by atoms with van der Waals surface area (Å²) < 4.78 is 13.2. The monoisotopic (exact) mass is 319 g/mol. The fraction of sp³-hybridized carbons (Fsp3) is 0.438. The van der Waals surface area contributed by atoms with E-state index in [-0.39, 0.29) is 6.10 Å². The second-order valence-corrected chi connectivity index (χ2v) is 6.55. The third kappa shape index (κ3) is 3.16. The minimum Gasteiger partial charge on any atom is -0.493 e. The van der Waals surface area contributed by atoms with Gasteiger partial charge in [0.25, 0.3) is 0 Å². The summed E-state index contributed by atoms with van der Waals surface area (Å²) >= 11 is 1.95. The van der Waals surface area contributed by atoms with Crippen LogP contribution in [0, 0.1) is 0 Å². The van der Waals surface area contributed by atoms with Gasteiger partial charge in [-0.05, 0) is 36.8 Å². The minimum absolute atomic E-state index is 0.268. The van der Waals surface area contributed by atoms with Gasteiger partial charge in [-0.25, -0.2) is 0 Å². The summed E-state index contributed by atoms with van der Waals surface area (Å²) in [6.45, 7) is 0. The summed E-state index contributed by atoms with van der Waals surface area (Å²) in [6, 6.07) is 7.76. The fourth-order valence-corrected chi connectivity index (χ4v) is 3.57. The molecule has 1 unspecified atom stereocenters. The first-order valence-corrected chi connectivity index (χ1v) is 8.55. The number of hydrogen-bond donors (Lipinski definition) is 1. The lowest BCUT2D eigenvalue weighted by atomic mass is 10.1. The van der Waals surface area contributed by atoms with Gasteiger partial charge in [-0.2, -0.15) is 16.9 Å². The number of nitrogens with two attached hydrogens (primary N) is 1. The predicted molar refractivity (Wildman–Crippen MR) is 90.6 cm³/mol. The molecule has 0 saturated carbocycles. The Morgan fingerprint density at radius 3 is 2.82 bits per heavy atom. The number of hydrogen-bond acceptors (Lipinski definition) is 5. The van der Waals surface area contributed by atoms with Gasteiger partial charge in [-0.15, -0.1) is 0 Å². The van der Waals surface area contributed by atoms with Crippen molar-refractivity contribution in [3.05, 3.63) is 24.3 Å². The maximum atomic E-state index is 6.10. The van der Waals surface area contributed by atoms with E-state index >= 15 is 0 Å². The topological polar surface area (TPSA) is 62.3 Å². The molecule has 118 valence electrons. The predicted octanol–water partition coefficient (Wildman–Crippen LogP) is 2.95. The van der Waals surface area contributed by atoms with Crippen molar-refractivity contribution in [3.8, 4) is 22.8 Å². The summed E-state index contributed by atoms with van der Waals surface area (Å²) in [5.41, 5.74) is 7.64. The number of ether oxygens (including phenoxy) is 2. The largest absolute Gasteiger partial charge is 0.493 e. The number of aromatic nitrogens is 2. The molecule has 0 amide bonds. The molecule has 0 bridgehead atoms. The van der Waals surface area contributed by atoms with Gasteiger partial charge < -0.3 is 15.2 Å². The summed E-state index contributed by atoms with van der Waals surface area (Å²) in [5, 5.41) is 4.39. The number of aryl methyl sites for hydroxylation is 1. The number of nitrogen functional groups attached to an aromatic ring is 1. The highest BCUT2D eigenvalue weighted by Crippen LogP contribution is 2.34. The number of thioether (sulfide) groups is 1. The molecule has 0 spiro atoms. The van der Waals surface area contributed by atoms with E-state index in [2.05, 4.69) is 5.10 Å². The average Bonchev–Trinajstić information content (AvgIpc) is 2.88. The lowest BCUT2D eigenvalue weighted by molar-refractivity contribution is 0.202. The molecule has 1 atom stereocenters. The van der Waals surface area contributed by atoms with Crippen LogP contribution in [0.2, 0.25) is 0 Å². The number of rotatable bonds is 4. The van der Waals surface area contributed by atoms with Crippen LogP contribution in [-0.4, -0.2) is 34.5 Å². The molecule has 1 aromatic heterocycles. The van der Waals surface area contributed by atoms with Crippen molar-refractivity contribution in [1.82, 2.24) is 9.78 Å². The quantitative estimate of drug-likeness (QED) is 0.939. The Bertz CT molecular complexity index is 631. The van der Waals surface area contributed by atoms with Crippen LogP contribution in [0.25, 0.3) is 11.3 Å². The van der Waals surface area contributed by atoms with E-state index in [1.165, 1.54) is 12.2 Å². The summed E-state index contributed by atoms with van der Waals surface area (Å²) in [5.74, 6) is 4.44. The SMILES string of the molecule is COc1cc(-c2cc(N)n(C)n2)ccc1OC1CCCSC1. The lowest BCUT2D eigenvalue weighted by Crippen LogP contribution is -2.23. The second-order valence-electron chi connectivity index (χ2n) is 5.40. The average molecular weight is 319 g/mol. The molecule has 0 aliphatic carbocycles. The third-order valence-electron chi connectivity index (χ3n) is 3.79. The normalized spacial score (nSPS) is 18.2. The first kappa shape index (κ1) is 15.1. The Labute approximate surface area is 134 Å². The van der Waals surface area contributed by atoms with Gasteiger partial charge in [-0.1, -0.05) is 0 Å². The van der Waals surface area contributed by atoms with Crippen molar-refractivity contribution in [2.45, 2.75) is 18.9 Å². The summed E-state index contributed by atoms with van der Waals surface area (Å²) in [6.07, 6.45) is 2.58. The van der Waals surface area contributed by atoms with Crippen molar-refractivity contribution in [3.63, 3.8) is 0 Å². The van der Waals surface area contributed by atoms with Crippen LogP contribution in [0.5, 0.6) is 11.5 Å². The molecular formula is C16H21N3O2S. The van der Waals surface area contributed by atoms with Crippen molar-refractivity contribution in [1.29, 1.82) is 0 Å². The van der Waals surface area contributed by atoms with Gasteiger partial charge in [-0.3, -0.25) is 4.68 Å². The summed E-state index contributed by atoms with van der Waals surface area (Å²) in [4.78, 5) is 0. The highest BCUT2D eigenvalue weighted by atomic mass is 32.2. The molecule has 2 aromatic rings. The zero-order valence-electron chi connectivity index (χ0n) is 12.9. The van der Waals surface area contributed by atoms with Gasteiger partial charge >= 0.3 is 0 Å². The van der Waals surface area contributed by atoms with E-state index < -0.39 is 0 Å². The molecule has 1 saturated heterocycles. The minimum atomic E-state index is 0.268. The molecule has 22 heavy (non-hydrogen) atoms. The molecule has 1 aliphatic rings. The van der Waals surface area contributed by atoms with E-state index in [0.29, 0.717) is 5.82 Å². The number of benzene rings is 1. The molecule has 6 heteroatoms. The van der Waals surface area contributed by atoms with Gasteiger partial charge in [0, 0.05) is 24.4 Å². The Morgan fingerprint density at radius 2 is 2.18 bits per heavy atom. The van der Waals surface area contributed by atoms with Crippen molar-refractivity contribution >= 4 is 17.6 Å². The lowest BCUT2D eigenvalue weighted by Gasteiger charge is -2.23. The highest BCUT2D eigenvalue weighted by Gasteiger charge is 2.18. The standard InChI is InChI=1S/C16H21N3O2S/c1-19-16(17)9-13(18-19)11-5-6-14(15(8-11)20-2)21-12-4-3-7-22-10-12/h5-6,8-9,12H,3-4,7,10,17H2,1-2H3. The fourth-order valence-electron chi connectivity index (χ4n) is 2.53. The van der Waals surface area contributed by atoms with Crippen LogP contribution in [0.3, 0.4) is 0 Å². The molecular weight excluding hydrogens is 298 g/mol. The van der Waals surface area contributed by atoms with Gasteiger partial charge in [0.1, 0.15) is 11.9 Å². The first-order chi connectivity index (χ1) is 10.7. The van der Waals surface area contributed by atoms with Crippen molar-refractivity contribution in [2.75, 3.05) is 24.3 Å². The number of nitrogens with zero attached hydrogens (tertiary/aromatic N) is 2. The second kappa shape index (κ2) is 6.52. The molecule has 2 N–H and O–H groups in total. The van der Waals surface area contributed by atoms with Crippen molar-refractivity contribution in [2.24, 2.45) is 7.05 Å². The van der Waals surface area contributed by atoms with Crippen molar-refractivity contribution < 1.29 is 9.47 Å². The van der Waals surface area contributed by atoms with Crippen LogP contribution in [0.4, 0.5) is 5.82 Å². The van der Waals surface area contributed by atoms with E-state index in [1.807, 2.05) is 43.1 Å². The Morgan fingerprint density at radius 1 is 1.32 bits per heavy atom. The number of anilines is 1. The van der Waals surface area contributed by atoms with Crippen LogP contribution in [0.15, 0.2) is 24.3 Å². The van der Waals surface area contributed by atoms with Gasteiger partial charge in [0.15, 0.2) is 11.5 Å². The van der Waals surface area contributed by atoms with E-state index in [1.54, 1.807) is 11.8 Å². The summed E-state index contributed by atoms with van der Waals surface area (Å²) in [7, 11) is 3.49. The number of methoxy groups -OCH3 is 1. The zero-order valence-corrected chi connectivity index (χ0v) is 13.7. The molecule has 1 aromatic carbocycles. The first-order valence-electron chi connectivity index (χ1n) is 7.39. The molecule has 1 aliphatic heterocycles. The van der Waals surface area contributed by atoms with E-state index in [4.69, 9.17) is 15.2 Å². The molecule has 2 heterocycles. The van der Waals surface area contributed by atoms with Gasteiger partial charge in [0.2, 0.25) is 0 Å². The molecule has 1 fully saturated rings. The Balaban J connectivity index is 1.83. The van der Waals surface area contributed by atoms with Crippen LogP contribution >= 0.6 is 11.8 Å². The maximum absolute atomic E-state index is 6.10.